The van der Waals surface area contributed by atoms with Crippen LogP contribution in [0.4, 0.5) is 0 Å². The van der Waals surface area contributed by atoms with Gasteiger partial charge in [-0.1, -0.05) is 0 Å². The molecule has 2 fully saturated rings. The number of aromatic nitrogens is 2. The van der Waals surface area contributed by atoms with Crippen molar-refractivity contribution in [3.63, 3.8) is 0 Å². The summed E-state index contributed by atoms with van der Waals surface area (Å²) >= 11 is 0. The lowest BCUT2D eigenvalue weighted by Gasteiger charge is -2.36. The molecule has 8 nitrogen and oxygen atoms in total. The summed E-state index contributed by atoms with van der Waals surface area (Å²) in [6, 6.07) is 0. The molecule has 0 aliphatic carbocycles. The Morgan fingerprint density at radius 2 is 2.05 bits per heavy atom. The van der Waals surface area contributed by atoms with Crippen LogP contribution >= 0.6 is 0 Å². The van der Waals surface area contributed by atoms with Gasteiger partial charge in [-0.05, 0) is 13.5 Å². The van der Waals surface area contributed by atoms with E-state index in [1.54, 1.807) is 0 Å². The first-order valence-electron chi connectivity index (χ1n) is 7.51. The van der Waals surface area contributed by atoms with E-state index < -0.39 is 15.6 Å². The maximum atomic E-state index is 12.5. The second kappa shape index (κ2) is 5.89. The van der Waals surface area contributed by atoms with Gasteiger partial charge < -0.3 is 10.0 Å². The van der Waals surface area contributed by atoms with Crippen molar-refractivity contribution in [1.82, 2.24) is 24.3 Å². The molecule has 2 aliphatic heterocycles. The molecule has 3 heterocycles. The summed E-state index contributed by atoms with van der Waals surface area (Å²) in [4.78, 5) is 4.62. The Kier molecular flexibility index (Phi) is 4.25. The van der Waals surface area contributed by atoms with E-state index in [0.717, 1.165) is 26.2 Å². The van der Waals surface area contributed by atoms with Crippen molar-refractivity contribution in [3.8, 4) is 0 Å². The van der Waals surface area contributed by atoms with E-state index in [2.05, 4.69) is 27.0 Å². The zero-order valence-electron chi connectivity index (χ0n) is 12.8. The molecular formula is C13H23N5O3S. The SMILES string of the molecule is CN1CCN(C[C@]2(O)CCN(S(=O)(=O)c3cn[nH]c3)C2)CC1. The highest BCUT2D eigenvalue weighted by Crippen LogP contribution is 2.27. The van der Waals surface area contributed by atoms with Gasteiger partial charge >= 0.3 is 0 Å². The van der Waals surface area contributed by atoms with Crippen molar-refractivity contribution in [2.45, 2.75) is 16.9 Å². The van der Waals surface area contributed by atoms with Gasteiger partial charge in [-0.15, -0.1) is 0 Å². The Bertz CT molecular complexity index is 597. The van der Waals surface area contributed by atoms with E-state index in [4.69, 9.17) is 0 Å². The van der Waals surface area contributed by atoms with Crippen LogP contribution < -0.4 is 0 Å². The summed E-state index contributed by atoms with van der Waals surface area (Å²) in [5.74, 6) is 0. The van der Waals surface area contributed by atoms with Crippen molar-refractivity contribution in [2.24, 2.45) is 0 Å². The van der Waals surface area contributed by atoms with Gasteiger partial charge in [0.05, 0.1) is 11.8 Å². The molecule has 0 radical (unpaired) electrons. The van der Waals surface area contributed by atoms with Crippen LogP contribution in [0, 0.1) is 0 Å². The first kappa shape index (κ1) is 15.9. The fraction of sp³-hybridized carbons (Fsp3) is 0.769. The Morgan fingerprint density at radius 1 is 1.32 bits per heavy atom. The normalized spacial score (nSPS) is 29.2. The minimum absolute atomic E-state index is 0.146. The molecule has 1 aromatic heterocycles. The number of aliphatic hydroxyl groups is 1. The Hall–Kier alpha value is -1.00. The predicted molar refractivity (Wildman–Crippen MR) is 80.9 cm³/mol. The van der Waals surface area contributed by atoms with E-state index in [1.807, 2.05) is 0 Å². The quantitative estimate of drug-likeness (QED) is 0.719. The van der Waals surface area contributed by atoms with E-state index in [-0.39, 0.29) is 11.4 Å². The molecule has 3 rings (SSSR count). The molecule has 2 aliphatic rings. The maximum absolute atomic E-state index is 12.5. The number of β-amino-alcohol motifs (C(OH)–C–C–N with tert-alkyl or cyclic N) is 1. The number of piperazine rings is 1. The van der Waals surface area contributed by atoms with Crippen LogP contribution in [-0.4, -0.2) is 96.3 Å². The number of hydrogen-bond donors (Lipinski definition) is 2. The minimum atomic E-state index is -3.56. The second-order valence-electron chi connectivity index (χ2n) is 6.33. The molecule has 0 aromatic carbocycles. The van der Waals surface area contributed by atoms with Crippen molar-refractivity contribution < 1.29 is 13.5 Å². The summed E-state index contributed by atoms with van der Waals surface area (Å²) in [6.45, 7) is 4.80. The Morgan fingerprint density at radius 3 is 2.68 bits per heavy atom. The Labute approximate surface area is 130 Å². The van der Waals surface area contributed by atoms with Gasteiger partial charge in [0, 0.05) is 52.0 Å². The van der Waals surface area contributed by atoms with Crippen LogP contribution in [0.15, 0.2) is 17.3 Å². The minimum Gasteiger partial charge on any atom is -0.387 e. The molecule has 0 spiro atoms. The van der Waals surface area contributed by atoms with Crippen molar-refractivity contribution in [3.05, 3.63) is 12.4 Å². The smallest absolute Gasteiger partial charge is 0.246 e. The van der Waals surface area contributed by atoms with Crippen LogP contribution in [0.2, 0.25) is 0 Å². The third-order valence-electron chi connectivity index (χ3n) is 4.52. The predicted octanol–water partition coefficient (Wildman–Crippen LogP) is -1.22. The first-order chi connectivity index (χ1) is 10.4. The zero-order chi connectivity index (χ0) is 15.8. The van der Waals surface area contributed by atoms with Crippen molar-refractivity contribution >= 4 is 10.0 Å². The van der Waals surface area contributed by atoms with Gasteiger partial charge in [0.25, 0.3) is 0 Å². The summed E-state index contributed by atoms with van der Waals surface area (Å²) in [7, 11) is -1.48. The van der Waals surface area contributed by atoms with Crippen LogP contribution in [0.5, 0.6) is 0 Å². The molecule has 124 valence electrons. The molecule has 22 heavy (non-hydrogen) atoms. The van der Waals surface area contributed by atoms with Crippen LogP contribution in [0.1, 0.15) is 6.42 Å². The average molecular weight is 329 g/mol. The molecule has 0 saturated carbocycles. The molecule has 1 aromatic rings. The van der Waals surface area contributed by atoms with Crippen LogP contribution in [0.3, 0.4) is 0 Å². The highest BCUT2D eigenvalue weighted by molar-refractivity contribution is 7.89. The number of nitrogens with one attached hydrogen (secondary N) is 1. The number of hydrogen-bond acceptors (Lipinski definition) is 6. The molecule has 2 N–H and O–H groups in total. The van der Waals surface area contributed by atoms with Gasteiger partial charge in [0.1, 0.15) is 4.90 Å². The zero-order valence-corrected chi connectivity index (χ0v) is 13.6. The summed E-state index contributed by atoms with van der Waals surface area (Å²) in [6.07, 6.45) is 3.14. The lowest BCUT2D eigenvalue weighted by atomic mass is 10.0. The number of rotatable bonds is 4. The topological polar surface area (TPSA) is 92.8 Å². The highest BCUT2D eigenvalue weighted by Gasteiger charge is 2.43. The Balaban J connectivity index is 1.64. The third-order valence-corrected chi connectivity index (χ3v) is 6.33. The van der Waals surface area contributed by atoms with Gasteiger partial charge in [0.2, 0.25) is 10.0 Å². The molecule has 9 heteroatoms. The maximum Gasteiger partial charge on any atom is 0.246 e. The number of nitrogens with zero attached hydrogens (tertiary/aromatic N) is 4. The average Bonchev–Trinajstić information content (AvgIpc) is 3.12. The molecule has 2 saturated heterocycles. The number of sulfonamides is 1. The molecule has 0 unspecified atom stereocenters. The monoisotopic (exact) mass is 329 g/mol. The summed E-state index contributed by atoms with van der Waals surface area (Å²) in [5, 5.41) is 17.0. The number of aromatic amines is 1. The van der Waals surface area contributed by atoms with E-state index >= 15 is 0 Å². The molecule has 0 amide bonds. The standard InChI is InChI=1S/C13H23N5O3S/c1-16-4-6-17(7-5-16)10-13(19)2-3-18(11-13)22(20,21)12-8-14-15-9-12/h8-9,19H,2-7,10-11H2,1H3,(H,14,15)/t13-/m1/s1. The fourth-order valence-electron chi connectivity index (χ4n) is 3.10. The van der Waals surface area contributed by atoms with Crippen molar-refractivity contribution in [1.29, 1.82) is 0 Å². The number of H-pyrrole nitrogens is 1. The van der Waals surface area contributed by atoms with Crippen LogP contribution in [-0.2, 0) is 10.0 Å². The summed E-state index contributed by atoms with van der Waals surface area (Å²) in [5.41, 5.74) is -0.966. The highest BCUT2D eigenvalue weighted by atomic mass is 32.2. The van der Waals surface area contributed by atoms with Gasteiger partial charge in [-0.25, -0.2) is 8.42 Å². The van der Waals surface area contributed by atoms with E-state index in [0.29, 0.717) is 19.5 Å². The first-order valence-corrected chi connectivity index (χ1v) is 8.95. The lowest BCUT2D eigenvalue weighted by Crippen LogP contribution is -2.52. The van der Waals surface area contributed by atoms with Crippen molar-refractivity contribution in [2.75, 3.05) is 52.9 Å². The van der Waals surface area contributed by atoms with Gasteiger partial charge in [0.15, 0.2) is 0 Å². The second-order valence-corrected chi connectivity index (χ2v) is 8.26. The molecule has 0 bridgehead atoms. The largest absolute Gasteiger partial charge is 0.387 e. The van der Waals surface area contributed by atoms with Gasteiger partial charge in [-0.3, -0.25) is 10.00 Å². The van der Waals surface area contributed by atoms with E-state index in [9.17, 15) is 13.5 Å². The van der Waals surface area contributed by atoms with Crippen LogP contribution in [0.25, 0.3) is 0 Å². The summed E-state index contributed by atoms with van der Waals surface area (Å²) < 4.78 is 26.3. The fourth-order valence-corrected chi connectivity index (χ4v) is 4.53. The van der Waals surface area contributed by atoms with E-state index in [1.165, 1.54) is 16.7 Å². The third kappa shape index (κ3) is 3.18. The molecular weight excluding hydrogens is 306 g/mol. The molecule has 1 atom stereocenters. The number of likely N-dealkylation sites (N-methyl/N-ethyl adjacent to an activating group) is 1. The van der Waals surface area contributed by atoms with Gasteiger partial charge in [-0.2, -0.15) is 9.40 Å². The lowest BCUT2D eigenvalue weighted by molar-refractivity contribution is 0.00424.